The van der Waals surface area contributed by atoms with Gasteiger partial charge in [0.1, 0.15) is 0 Å². The predicted octanol–water partition coefficient (Wildman–Crippen LogP) is 9.19. The van der Waals surface area contributed by atoms with Gasteiger partial charge in [-0.15, -0.1) is 0 Å². The molecule has 27 heavy (non-hydrogen) atoms. The first-order valence-corrected chi connectivity index (χ1v) is 14.4. The first-order valence-electron chi connectivity index (χ1n) is 12.3. The summed E-state index contributed by atoms with van der Waals surface area (Å²) in [5.74, 6) is 0. The van der Waals surface area contributed by atoms with Gasteiger partial charge in [0.15, 0.2) is 0 Å². The van der Waals surface area contributed by atoms with E-state index in [1.165, 1.54) is 128 Å². The second-order valence-corrected chi connectivity index (χ2v) is 13.0. The molecule has 0 unspecified atom stereocenters. The number of hydrogen-bond acceptors (Lipinski definition) is 0. The zero-order valence-electron chi connectivity index (χ0n) is 17.6. The summed E-state index contributed by atoms with van der Waals surface area (Å²) in [6.07, 6.45) is 30.5. The van der Waals surface area contributed by atoms with E-state index in [-0.39, 0.29) is 17.1 Å². The Bertz CT molecular complexity index is 272. The van der Waals surface area contributed by atoms with Gasteiger partial charge in [-0.3, -0.25) is 0 Å². The minimum atomic E-state index is 0. The van der Waals surface area contributed by atoms with Crippen molar-refractivity contribution < 1.29 is 17.1 Å². The topological polar surface area (TPSA) is 0 Å². The molecule has 0 N–H and O–H groups in total. The van der Waals surface area contributed by atoms with Crippen LogP contribution in [0, 0.1) is 0 Å². The van der Waals surface area contributed by atoms with Crippen molar-refractivity contribution in [3.63, 3.8) is 0 Å². The first-order chi connectivity index (χ1) is 12.9. The number of rotatable bonds is 4. The molecule has 0 spiro atoms. The molecule has 0 nitrogen and oxygen atoms in total. The third-order valence-corrected chi connectivity index (χ3v) is 10.9. The van der Waals surface area contributed by atoms with Gasteiger partial charge in [0.25, 0.3) is 0 Å². The van der Waals surface area contributed by atoms with Gasteiger partial charge < -0.3 is 17.2 Å². The van der Waals surface area contributed by atoms with Gasteiger partial charge in [0, 0.05) is 0 Å². The second kappa shape index (κ2) is 15.2. The summed E-state index contributed by atoms with van der Waals surface area (Å²) in [5, 5.41) is 0. The fraction of sp³-hybridized carbons (Fsp3) is 1.00. The maximum absolute atomic E-state index is 1.84. The van der Waals surface area contributed by atoms with Crippen LogP contribution < -0.4 is 0 Å². The Morgan fingerprint density at radius 2 is 0.481 bits per heavy atom. The molecule has 4 fully saturated rings. The van der Waals surface area contributed by atoms with Gasteiger partial charge in [0.05, 0.1) is 0 Å². The van der Waals surface area contributed by atoms with Crippen molar-refractivity contribution in [2.24, 2.45) is 0 Å². The molecule has 0 bridgehead atoms. The van der Waals surface area contributed by atoms with Crippen LogP contribution in [0.15, 0.2) is 0 Å². The van der Waals surface area contributed by atoms with Gasteiger partial charge >= 0.3 is 17.1 Å². The summed E-state index contributed by atoms with van der Waals surface area (Å²) in [5.41, 5.74) is 4.38. The molecule has 161 valence electrons. The third-order valence-electron chi connectivity index (χ3n) is 7.14. The Labute approximate surface area is 185 Å². The molecular formula is C24H44CuP2. The SMILES string of the molecule is C1CCC([P-]C2CCCCC2)CC1.C1CCC([P-]C2CCCCC2)CC1.[Cu+2]. The molecule has 4 aliphatic rings. The summed E-state index contributed by atoms with van der Waals surface area (Å²) >= 11 is 0. The van der Waals surface area contributed by atoms with Crippen molar-refractivity contribution in [3.8, 4) is 0 Å². The minimum Gasteiger partial charge on any atom is -0.533 e. The molecule has 4 rings (SSSR count). The van der Waals surface area contributed by atoms with Crippen molar-refractivity contribution in [3.05, 3.63) is 0 Å². The van der Waals surface area contributed by atoms with Crippen molar-refractivity contribution >= 4 is 17.2 Å². The summed E-state index contributed by atoms with van der Waals surface area (Å²) in [6.45, 7) is 0. The Morgan fingerprint density at radius 1 is 0.296 bits per heavy atom. The number of hydrogen-bond donors (Lipinski definition) is 0. The summed E-state index contributed by atoms with van der Waals surface area (Å²) < 4.78 is 0. The molecule has 4 saturated carbocycles. The molecule has 3 heteroatoms. The quantitative estimate of drug-likeness (QED) is 0.291. The molecule has 4 aliphatic carbocycles. The Hall–Kier alpha value is 1.38. The molecule has 0 aromatic heterocycles. The van der Waals surface area contributed by atoms with Crippen LogP contribution in [0.4, 0.5) is 0 Å². The van der Waals surface area contributed by atoms with Crippen molar-refractivity contribution in [2.75, 3.05) is 0 Å². The fourth-order valence-corrected chi connectivity index (χ4v) is 9.36. The van der Waals surface area contributed by atoms with Crippen LogP contribution in [0.1, 0.15) is 128 Å². The average molecular weight is 458 g/mol. The van der Waals surface area contributed by atoms with Crippen LogP contribution in [-0.2, 0) is 17.1 Å². The largest absolute Gasteiger partial charge is 2.00 e. The minimum absolute atomic E-state index is 0. The van der Waals surface area contributed by atoms with Crippen molar-refractivity contribution in [1.82, 2.24) is 0 Å². The maximum Gasteiger partial charge on any atom is 2.00 e. The molecule has 0 amide bonds. The van der Waals surface area contributed by atoms with Crippen LogP contribution in [0.2, 0.25) is 0 Å². The maximum atomic E-state index is 1.84. The predicted molar refractivity (Wildman–Crippen MR) is 121 cm³/mol. The van der Waals surface area contributed by atoms with E-state index in [2.05, 4.69) is 0 Å². The van der Waals surface area contributed by atoms with Crippen LogP contribution in [0.3, 0.4) is 0 Å². The van der Waals surface area contributed by atoms with Gasteiger partial charge in [-0.1, -0.05) is 128 Å². The van der Waals surface area contributed by atoms with E-state index < -0.39 is 0 Å². The Kier molecular flexibility index (Phi) is 13.9. The van der Waals surface area contributed by atoms with E-state index in [0.29, 0.717) is 0 Å². The molecule has 0 saturated heterocycles. The van der Waals surface area contributed by atoms with Crippen LogP contribution >= 0.6 is 17.2 Å². The van der Waals surface area contributed by atoms with Crippen LogP contribution in [-0.4, -0.2) is 22.6 Å². The third kappa shape index (κ3) is 10.3. The summed E-state index contributed by atoms with van der Waals surface area (Å²) in [4.78, 5) is 0. The zero-order valence-corrected chi connectivity index (χ0v) is 20.4. The monoisotopic (exact) mass is 457 g/mol. The normalized spacial score (nSPS) is 26.7. The second-order valence-electron chi connectivity index (χ2n) is 9.47. The van der Waals surface area contributed by atoms with E-state index in [0.717, 1.165) is 22.6 Å². The van der Waals surface area contributed by atoms with Gasteiger partial charge in [-0.25, -0.2) is 0 Å². The van der Waals surface area contributed by atoms with Crippen molar-refractivity contribution in [1.29, 1.82) is 0 Å². The zero-order chi connectivity index (χ0) is 17.9. The van der Waals surface area contributed by atoms with Gasteiger partial charge in [0.2, 0.25) is 0 Å². The Morgan fingerprint density at radius 3 is 0.667 bits per heavy atom. The molecule has 0 atom stereocenters. The molecule has 0 aliphatic heterocycles. The molecular weight excluding hydrogens is 414 g/mol. The van der Waals surface area contributed by atoms with E-state index >= 15 is 0 Å². The smallest absolute Gasteiger partial charge is 0.533 e. The van der Waals surface area contributed by atoms with Crippen LogP contribution in [0.25, 0.3) is 0 Å². The van der Waals surface area contributed by atoms with Crippen LogP contribution in [0.5, 0.6) is 0 Å². The molecule has 0 aromatic carbocycles. The summed E-state index contributed by atoms with van der Waals surface area (Å²) in [7, 11) is 3.67. The van der Waals surface area contributed by atoms with E-state index in [1.54, 1.807) is 0 Å². The first kappa shape index (κ1) is 24.6. The van der Waals surface area contributed by atoms with E-state index in [1.807, 2.05) is 17.2 Å². The molecule has 0 heterocycles. The molecule has 0 aromatic rings. The Balaban J connectivity index is 0.000000187. The van der Waals surface area contributed by atoms with Gasteiger partial charge in [-0.2, -0.15) is 22.6 Å². The standard InChI is InChI=1S/2C12H22P.Cu/c2*1-3-7-11(8-4-1)13-12-9-5-2-6-10-12;/h2*11-12H,1-10H2;/q2*-1;+2. The average Bonchev–Trinajstić information content (AvgIpc) is 2.72. The van der Waals surface area contributed by atoms with Crippen molar-refractivity contribution in [2.45, 2.75) is 151 Å². The summed E-state index contributed by atoms with van der Waals surface area (Å²) in [6, 6.07) is 0. The fourth-order valence-electron chi connectivity index (χ4n) is 5.52. The van der Waals surface area contributed by atoms with Gasteiger partial charge in [-0.05, 0) is 0 Å². The van der Waals surface area contributed by atoms with E-state index in [4.69, 9.17) is 0 Å². The molecule has 1 radical (unpaired) electrons. The van der Waals surface area contributed by atoms with E-state index in [9.17, 15) is 0 Å².